The summed E-state index contributed by atoms with van der Waals surface area (Å²) >= 11 is 0. The summed E-state index contributed by atoms with van der Waals surface area (Å²) in [6.07, 6.45) is 0. The first-order valence-electron chi connectivity index (χ1n) is 9.88. The number of nitro groups is 2. The fraction of sp³-hybridized carbons (Fsp3) is 0.167. The molecule has 0 saturated carbocycles. The van der Waals surface area contributed by atoms with Gasteiger partial charge in [0.25, 0.3) is 9.74 Å². The number of hydrogen-bond acceptors (Lipinski definition) is 6. The fourth-order valence-corrected chi connectivity index (χ4v) is 6.29. The van der Waals surface area contributed by atoms with Gasteiger partial charge in [-0.3, -0.25) is 20.2 Å². The third-order valence-electron chi connectivity index (χ3n) is 5.63. The van der Waals surface area contributed by atoms with Crippen molar-refractivity contribution >= 4 is 43.1 Å². The Labute approximate surface area is 192 Å². The Kier molecular flexibility index (Phi) is 5.83. The van der Waals surface area contributed by atoms with E-state index in [1.807, 2.05) is 60.7 Å². The van der Waals surface area contributed by atoms with Crippen molar-refractivity contribution in [3.05, 3.63) is 116 Å². The number of nitrogens with zero attached hydrogens (tertiary/aromatic N) is 2. The van der Waals surface area contributed by atoms with E-state index in [1.165, 1.54) is 13.8 Å². The van der Waals surface area contributed by atoms with Crippen molar-refractivity contribution in [3.8, 4) is 0 Å². The van der Waals surface area contributed by atoms with Gasteiger partial charge in [0.1, 0.15) is 0 Å². The van der Waals surface area contributed by atoms with Gasteiger partial charge >= 0.3 is 0 Å². The summed E-state index contributed by atoms with van der Waals surface area (Å²) in [5, 5.41) is 28.0. The van der Waals surface area contributed by atoms with Crippen molar-refractivity contribution in [3.63, 3.8) is 0 Å². The largest absolute Gasteiger partial charge is 0.299 e. The topological polar surface area (TPSA) is 86.3 Å². The molecule has 0 N–H and O–H groups in total. The summed E-state index contributed by atoms with van der Waals surface area (Å²) in [6, 6.07) is 25.9. The minimum absolute atomic E-state index is 0.379. The van der Waals surface area contributed by atoms with E-state index in [9.17, 15) is 20.2 Å². The summed E-state index contributed by atoms with van der Waals surface area (Å²) < 4.78 is 0. The molecule has 162 valence electrons. The van der Waals surface area contributed by atoms with Gasteiger partial charge in [-0.2, -0.15) is 0 Å². The summed E-state index contributed by atoms with van der Waals surface area (Å²) in [5.41, 5.74) is 0.978. The van der Waals surface area contributed by atoms with Crippen LogP contribution < -0.4 is 0 Å². The van der Waals surface area contributed by atoms with Gasteiger partial charge in [0.15, 0.2) is 0 Å². The van der Waals surface area contributed by atoms with Gasteiger partial charge in [-0.1, -0.05) is 72.8 Å². The van der Waals surface area contributed by atoms with Crippen molar-refractivity contribution in [2.24, 2.45) is 0 Å². The molecule has 0 bridgehead atoms. The molecule has 8 heteroatoms. The zero-order valence-corrected chi connectivity index (χ0v) is 19.1. The molecule has 0 aliphatic rings. The maximum atomic E-state index is 12.2. The first kappa shape index (κ1) is 22.1. The Morgan fingerprint density at radius 1 is 0.594 bits per heavy atom. The lowest BCUT2D eigenvalue weighted by molar-refractivity contribution is -0.543. The number of benzene rings is 4. The van der Waals surface area contributed by atoms with Crippen molar-refractivity contribution in [2.75, 3.05) is 0 Å². The van der Waals surface area contributed by atoms with Crippen LogP contribution in [0.4, 0.5) is 0 Å². The van der Waals surface area contributed by atoms with Gasteiger partial charge in [-0.15, -0.1) is 0 Å². The first-order valence-corrected chi connectivity index (χ1v) is 12.0. The molecule has 0 amide bonds. The van der Waals surface area contributed by atoms with Crippen molar-refractivity contribution in [1.29, 1.82) is 0 Å². The van der Waals surface area contributed by atoms with Crippen molar-refractivity contribution in [1.82, 2.24) is 0 Å². The van der Waals surface area contributed by atoms with Crippen LogP contribution in [0.3, 0.4) is 0 Å². The molecule has 2 unspecified atom stereocenters. The maximum Gasteiger partial charge on any atom is 0.299 e. The average molecular weight is 465 g/mol. The lowest BCUT2D eigenvalue weighted by Crippen LogP contribution is -2.31. The number of hydrogen-bond donors (Lipinski definition) is 0. The smallest absolute Gasteiger partial charge is 0.263 e. The standard InChI is InChI=1S/C24H20N2O4S2/c1-23(25(27)28,21-13-11-17-7-3-5-9-19(17)15-21)31-32-24(2,26(29)30)22-14-12-18-8-4-6-10-20(18)16-22/h3-16H,1-2H3. The van der Waals surface area contributed by atoms with Gasteiger partial charge in [0.2, 0.25) is 0 Å². The minimum atomic E-state index is -1.57. The van der Waals surface area contributed by atoms with Gasteiger partial charge in [-0.25, -0.2) is 0 Å². The zero-order valence-electron chi connectivity index (χ0n) is 17.4. The third kappa shape index (κ3) is 3.91. The lowest BCUT2D eigenvalue weighted by Gasteiger charge is -2.25. The predicted octanol–water partition coefficient (Wildman–Crippen LogP) is 6.97. The Hall–Kier alpha value is -3.10. The Bertz CT molecular complexity index is 1240. The Balaban J connectivity index is 1.71. The molecule has 0 heterocycles. The van der Waals surface area contributed by atoms with Crippen LogP contribution in [-0.4, -0.2) is 9.85 Å². The maximum absolute atomic E-state index is 12.2. The average Bonchev–Trinajstić information content (AvgIpc) is 2.81. The molecule has 4 rings (SSSR count). The number of fused-ring (bicyclic) bond motifs is 2. The minimum Gasteiger partial charge on any atom is -0.263 e. The van der Waals surface area contributed by atoms with E-state index in [2.05, 4.69) is 0 Å². The predicted molar refractivity (Wildman–Crippen MR) is 132 cm³/mol. The molecule has 0 radical (unpaired) electrons. The highest BCUT2D eigenvalue weighted by Crippen LogP contribution is 2.53. The Morgan fingerprint density at radius 3 is 1.28 bits per heavy atom. The van der Waals surface area contributed by atoms with E-state index in [0.29, 0.717) is 11.1 Å². The monoisotopic (exact) mass is 464 g/mol. The molecule has 0 aliphatic heterocycles. The fourth-order valence-electron chi connectivity index (χ4n) is 3.49. The van der Waals surface area contributed by atoms with Gasteiger partial charge < -0.3 is 0 Å². The van der Waals surface area contributed by atoms with Crippen molar-refractivity contribution < 1.29 is 9.85 Å². The van der Waals surface area contributed by atoms with Crippen LogP contribution in [0.1, 0.15) is 25.0 Å². The van der Waals surface area contributed by atoms with Crippen LogP contribution in [0.5, 0.6) is 0 Å². The molecule has 0 aromatic heterocycles. The molecule has 0 saturated heterocycles. The van der Waals surface area contributed by atoms with E-state index in [1.54, 1.807) is 24.3 Å². The summed E-state index contributed by atoms with van der Waals surface area (Å²) in [5.74, 6) is 0. The molecule has 0 aliphatic carbocycles. The third-order valence-corrected chi connectivity index (χ3v) is 9.33. The van der Waals surface area contributed by atoms with Gasteiger partial charge in [0.05, 0.1) is 0 Å². The molecular formula is C24H20N2O4S2. The van der Waals surface area contributed by atoms with Crippen LogP contribution >= 0.6 is 21.6 Å². The van der Waals surface area contributed by atoms with E-state index in [-0.39, 0.29) is 9.85 Å². The van der Waals surface area contributed by atoms with E-state index in [0.717, 1.165) is 43.1 Å². The van der Waals surface area contributed by atoms with E-state index in [4.69, 9.17) is 0 Å². The molecule has 0 fully saturated rings. The molecule has 2 atom stereocenters. The summed E-state index contributed by atoms with van der Waals surface area (Å²) in [6.45, 7) is 2.99. The molecule has 32 heavy (non-hydrogen) atoms. The van der Waals surface area contributed by atoms with Crippen LogP contribution in [0.25, 0.3) is 21.5 Å². The first-order chi connectivity index (χ1) is 15.2. The lowest BCUT2D eigenvalue weighted by atomic mass is 10.0. The molecule has 0 spiro atoms. The highest BCUT2D eigenvalue weighted by molar-refractivity contribution is 8.77. The molecule has 4 aromatic rings. The van der Waals surface area contributed by atoms with Crippen LogP contribution in [0.15, 0.2) is 84.9 Å². The molecule has 6 nitrogen and oxygen atoms in total. The summed E-state index contributed by atoms with van der Waals surface area (Å²) in [4.78, 5) is 20.4. The van der Waals surface area contributed by atoms with Gasteiger partial charge in [0, 0.05) is 56.4 Å². The van der Waals surface area contributed by atoms with E-state index < -0.39 is 9.74 Å². The van der Waals surface area contributed by atoms with Crippen LogP contribution in [0.2, 0.25) is 0 Å². The quantitative estimate of drug-likeness (QED) is 0.127. The molecule has 4 aromatic carbocycles. The van der Waals surface area contributed by atoms with Crippen LogP contribution in [-0.2, 0) is 9.74 Å². The Morgan fingerprint density at radius 2 is 0.938 bits per heavy atom. The second-order valence-electron chi connectivity index (χ2n) is 7.77. The van der Waals surface area contributed by atoms with Gasteiger partial charge in [-0.05, 0) is 33.7 Å². The normalized spacial score (nSPS) is 15.2. The highest BCUT2D eigenvalue weighted by Gasteiger charge is 2.48. The second-order valence-corrected chi connectivity index (χ2v) is 10.7. The molecular weight excluding hydrogens is 444 g/mol. The zero-order chi connectivity index (χ0) is 22.9. The number of rotatable bonds is 7. The second kappa shape index (κ2) is 8.44. The van der Waals surface area contributed by atoms with Crippen molar-refractivity contribution in [2.45, 2.75) is 23.6 Å². The van der Waals surface area contributed by atoms with E-state index >= 15 is 0 Å². The highest BCUT2D eigenvalue weighted by atomic mass is 33.1. The SMILES string of the molecule is CC(SSC(C)(c1ccc2ccccc2c1)[N+](=O)[O-])(c1ccc2ccccc2c1)[N+](=O)[O-]. The van der Waals surface area contributed by atoms with Crippen LogP contribution in [0, 0.1) is 20.2 Å². The summed E-state index contributed by atoms with van der Waals surface area (Å²) in [7, 11) is 1.81.